The van der Waals surface area contributed by atoms with Crippen molar-refractivity contribution >= 4 is 5.91 Å². The Kier molecular flexibility index (Phi) is 4.42. The Bertz CT molecular complexity index is 579. The summed E-state index contributed by atoms with van der Waals surface area (Å²) >= 11 is 0. The molecule has 4 nitrogen and oxygen atoms in total. The first-order valence-corrected chi connectivity index (χ1v) is 9.26. The second-order valence-electron chi connectivity index (χ2n) is 8.74. The zero-order valence-electron chi connectivity index (χ0n) is 15.1. The maximum atomic E-state index is 12.5. The van der Waals surface area contributed by atoms with Gasteiger partial charge in [-0.3, -0.25) is 4.79 Å². The number of aliphatic hydroxyl groups excluding tert-OH is 1. The van der Waals surface area contributed by atoms with Crippen LogP contribution in [0.2, 0.25) is 0 Å². The van der Waals surface area contributed by atoms with E-state index < -0.39 is 11.7 Å². The molecule has 3 aliphatic rings. The van der Waals surface area contributed by atoms with Crippen molar-refractivity contribution in [2.24, 2.45) is 23.2 Å². The van der Waals surface area contributed by atoms with Crippen LogP contribution in [0.25, 0.3) is 0 Å². The molecule has 1 heterocycles. The van der Waals surface area contributed by atoms with E-state index in [1.54, 1.807) is 0 Å². The maximum Gasteiger partial charge on any atom is 0.230 e. The summed E-state index contributed by atoms with van der Waals surface area (Å²) in [6, 6.07) is 0. The average molecular weight is 333 g/mol. The molecule has 5 atom stereocenters. The Morgan fingerprint density at radius 2 is 2.00 bits per heavy atom. The van der Waals surface area contributed by atoms with E-state index in [1.165, 1.54) is 0 Å². The van der Waals surface area contributed by atoms with Gasteiger partial charge in [0.05, 0.1) is 12.0 Å². The molecule has 2 fully saturated rings. The SMILES string of the molecule is C=C1CC[C@@H]2CCC3C(=O)N/C(=C/C(C)C[C@@H](O)C1)C3(O)C2(C)C. The molecule has 3 unspecified atom stereocenters. The minimum Gasteiger partial charge on any atom is -0.393 e. The van der Waals surface area contributed by atoms with Crippen LogP contribution in [0.5, 0.6) is 0 Å². The molecule has 1 saturated heterocycles. The minimum absolute atomic E-state index is 0.0534. The molecule has 1 saturated carbocycles. The second kappa shape index (κ2) is 5.99. The highest BCUT2D eigenvalue weighted by molar-refractivity contribution is 5.87. The van der Waals surface area contributed by atoms with E-state index in [4.69, 9.17) is 0 Å². The molecule has 134 valence electrons. The van der Waals surface area contributed by atoms with Crippen molar-refractivity contribution in [2.45, 2.75) is 71.0 Å². The Balaban J connectivity index is 2.06. The van der Waals surface area contributed by atoms with Crippen LogP contribution < -0.4 is 5.32 Å². The lowest BCUT2D eigenvalue weighted by molar-refractivity contribution is -0.147. The molecule has 4 heteroatoms. The summed E-state index contributed by atoms with van der Waals surface area (Å²) in [7, 11) is 0. The lowest BCUT2D eigenvalue weighted by Crippen LogP contribution is -2.57. The third-order valence-corrected chi connectivity index (χ3v) is 6.76. The molecule has 0 radical (unpaired) electrons. The number of aliphatic hydroxyl groups is 2. The predicted molar refractivity (Wildman–Crippen MR) is 93.9 cm³/mol. The van der Waals surface area contributed by atoms with Crippen molar-refractivity contribution in [3.05, 3.63) is 23.9 Å². The summed E-state index contributed by atoms with van der Waals surface area (Å²) in [5, 5.41) is 24.9. The topological polar surface area (TPSA) is 69.6 Å². The van der Waals surface area contributed by atoms with Crippen LogP contribution in [0.15, 0.2) is 23.9 Å². The van der Waals surface area contributed by atoms with E-state index in [9.17, 15) is 15.0 Å². The fourth-order valence-corrected chi connectivity index (χ4v) is 5.22. The molecule has 1 aliphatic heterocycles. The van der Waals surface area contributed by atoms with Crippen LogP contribution >= 0.6 is 0 Å². The van der Waals surface area contributed by atoms with Gasteiger partial charge in [-0.1, -0.05) is 39.0 Å². The molecule has 0 aromatic heterocycles. The first-order valence-electron chi connectivity index (χ1n) is 9.26. The minimum atomic E-state index is -1.13. The Morgan fingerprint density at radius 3 is 2.71 bits per heavy atom. The number of hydrogen-bond acceptors (Lipinski definition) is 3. The van der Waals surface area contributed by atoms with Crippen molar-refractivity contribution in [3.8, 4) is 0 Å². The van der Waals surface area contributed by atoms with E-state index in [0.29, 0.717) is 24.5 Å². The van der Waals surface area contributed by atoms with E-state index in [-0.39, 0.29) is 23.2 Å². The van der Waals surface area contributed by atoms with Crippen molar-refractivity contribution in [1.29, 1.82) is 0 Å². The molecule has 0 aromatic rings. The first kappa shape index (κ1) is 17.7. The molecule has 2 aliphatic carbocycles. The Morgan fingerprint density at radius 1 is 1.29 bits per heavy atom. The standard InChI is InChI=1S/C20H31NO3/c1-12-5-6-14-7-8-16-18(23)21-17(20(16,24)19(14,3)4)11-13(2)10-15(22)9-12/h11,13-16,22,24H,1,5-10H2,2-4H3,(H,21,23)/b17-11+/t13?,14-,15+,16?,20?/m1/s1. The molecular weight excluding hydrogens is 302 g/mol. The molecular formula is C20H31NO3. The van der Waals surface area contributed by atoms with Crippen LogP contribution in [0.3, 0.4) is 0 Å². The van der Waals surface area contributed by atoms with Crippen molar-refractivity contribution in [1.82, 2.24) is 5.32 Å². The Labute approximate surface area is 145 Å². The number of carbonyl (C=O) groups excluding carboxylic acids is 1. The number of carbonyl (C=O) groups is 1. The van der Waals surface area contributed by atoms with E-state index in [0.717, 1.165) is 31.3 Å². The number of allylic oxidation sites excluding steroid dienone is 1. The quantitative estimate of drug-likeness (QED) is 0.597. The largest absolute Gasteiger partial charge is 0.393 e. The molecule has 1 amide bonds. The van der Waals surface area contributed by atoms with Crippen LogP contribution in [0.4, 0.5) is 0 Å². The zero-order valence-corrected chi connectivity index (χ0v) is 15.1. The number of nitrogens with one attached hydrogen (secondary N) is 1. The van der Waals surface area contributed by atoms with Crippen LogP contribution in [0.1, 0.15) is 59.3 Å². The van der Waals surface area contributed by atoms with Crippen LogP contribution in [-0.2, 0) is 4.79 Å². The molecule has 3 N–H and O–H groups in total. The molecule has 2 bridgehead atoms. The van der Waals surface area contributed by atoms with Gasteiger partial charge < -0.3 is 15.5 Å². The lowest BCUT2D eigenvalue weighted by Gasteiger charge is -2.52. The number of hydrogen-bond donors (Lipinski definition) is 3. The van der Waals surface area contributed by atoms with Gasteiger partial charge in [0, 0.05) is 11.1 Å². The van der Waals surface area contributed by atoms with Gasteiger partial charge in [0.25, 0.3) is 0 Å². The van der Waals surface area contributed by atoms with Gasteiger partial charge in [-0.05, 0) is 50.4 Å². The van der Waals surface area contributed by atoms with Gasteiger partial charge in [0.15, 0.2) is 0 Å². The van der Waals surface area contributed by atoms with E-state index in [1.807, 2.05) is 13.0 Å². The summed E-state index contributed by atoms with van der Waals surface area (Å²) in [6.45, 7) is 10.4. The highest BCUT2D eigenvalue weighted by Gasteiger charge is 2.63. The monoisotopic (exact) mass is 333 g/mol. The highest BCUT2D eigenvalue weighted by Crippen LogP contribution is 2.57. The summed E-state index contributed by atoms with van der Waals surface area (Å²) in [5.74, 6) is 0.000485. The molecule has 3 rings (SSSR count). The third-order valence-electron chi connectivity index (χ3n) is 6.76. The van der Waals surface area contributed by atoms with Gasteiger partial charge in [0.1, 0.15) is 5.60 Å². The molecule has 24 heavy (non-hydrogen) atoms. The average Bonchev–Trinajstić information content (AvgIpc) is 2.70. The van der Waals surface area contributed by atoms with Crippen LogP contribution in [0, 0.1) is 23.2 Å². The van der Waals surface area contributed by atoms with Gasteiger partial charge in [0.2, 0.25) is 5.91 Å². The fourth-order valence-electron chi connectivity index (χ4n) is 5.22. The smallest absolute Gasteiger partial charge is 0.230 e. The highest BCUT2D eigenvalue weighted by atomic mass is 16.3. The normalized spacial score (nSPS) is 44.8. The lowest BCUT2D eigenvalue weighted by atomic mass is 9.54. The number of amides is 1. The first-order chi connectivity index (χ1) is 11.2. The van der Waals surface area contributed by atoms with E-state index >= 15 is 0 Å². The van der Waals surface area contributed by atoms with Crippen molar-refractivity contribution in [3.63, 3.8) is 0 Å². The second-order valence-corrected chi connectivity index (χ2v) is 8.74. The van der Waals surface area contributed by atoms with Crippen molar-refractivity contribution in [2.75, 3.05) is 0 Å². The molecule has 0 aromatic carbocycles. The van der Waals surface area contributed by atoms with Gasteiger partial charge >= 0.3 is 0 Å². The maximum absolute atomic E-state index is 12.5. The summed E-state index contributed by atoms with van der Waals surface area (Å²) in [4.78, 5) is 12.5. The van der Waals surface area contributed by atoms with Gasteiger partial charge in [-0.2, -0.15) is 0 Å². The van der Waals surface area contributed by atoms with Gasteiger partial charge in [-0.15, -0.1) is 0 Å². The fraction of sp³-hybridized carbons (Fsp3) is 0.750. The Hall–Kier alpha value is -1.13. The number of fused-ring (bicyclic) bond motifs is 1. The van der Waals surface area contributed by atoms with Gasteiger partial charge in [-0.25, -0.2) is 0 Å². The zero-order chi connectivity index (χ0) is 17.7. The van der Waals surface area contributed by atoms with Crippen LogP contribution in [-0.4, -0.2) is 27.8 Å². The molecule has 0 spiro atoms. The third kappa shape index (κ3) is 2.64. The van der Waals surface area contributed by atoms with E-state index in [2.05, 4.69) is 25.7 Å². The summed E-state index contributed by atoms with van der Waals surface area (Å²) < 4.78 is 0. The number of rotatable bonds is 0. The van der Waals surface area contributed by atoms with Crippen molar-refractivity contribution < 1.29 is 15.0 Å². The summed E-state index contributed by atoms with van der Waals surface area (Å²) in [6.07, 6.45) is 6.31. The predicted octanol–water partition coefficient (Wildman–Crippen LogP) is 2.91. The summed E-state index contributed by atoms with van der Waals surface area (Å²) in [5.41, 5.74) is 0.238.